The second-order valence-electron chi connectivity index (χ2n) is 8.42. The van der Waals surface area contributed by atoms with Crippen molar-refractivity contribution in [3.8, 4) is 0 Å². The van der Waals surface area contributed by atoms with Crippen LogP contribution in [0.4, 0.5) is 10.5 Å². The summed E-state index contributed by atoms with van der Waals surface area (Å²) in [7, 11) is 0. The maximum Gasteiger partial charge on any atom is 0.327 e. The topological polar surface area (TPSA) is 60.2 Å². The molecule has 3 aliphatic heterocycles. The molecule has 3 fully saturated rings. The number of benzene rings is 1. The lowest BCUT2D eigenvalue weighted by molar-refractivity contribution is -0.128. The van der Waals surface area contributed by atoms with E-state index in [2.05, 4.69) is 34.9 Å². The fourth-order valence-electron chi connectivity index (χ4n) is 5.09. The molecule has 1 aromatic carbocycles. The zero-order valence-electron chi connectivity index (χ0n) is 16.9. The minimum absolute atomic E-state index is 0.0110. The van der Waals surface area contributed by atoms with Crippen LogP contribution >= 0.6 is 0 Å². The van der Waals surface area contributed by atoms with Crippen LogP contribution in [0.5, 0.6) is 0 Å². The number of para-hydroxylation sites is 1. The van der Waals surface area contributed by atoms with Gasteiger partial charge in [0, 0.05) is 50.7 Å². The fourth-order valence-corrected chi connectivity index (χ4v) is 5.09. The lowest BCUT2D eigenvalue weighted by atomic mass is 10.1. The Hall–Kier alpha value is -2.54. The monoisotopic (exact) mass is 396 g/mol. The van der Waals surface area contributed by atoms with Gasteiger partial charge in [-0.05, 0) is 38.3 Å². The number of hydrogen-bond donors (Lipinski definition) is 0. The molecule has 5 rings (SSSR count). The van der Waals surface area contributed by atoms with Gasteiger partial charge in [-0.1, -0.05) is 12.1 Å². The molecular weight excluding hydrogens is 368 g/mol. The van der Waals surface area contributed by atoms with E-state index in [4.69, 9.17) is 4.42 Å². The molecule has 7 nitrogen and oxygen atoms in total. The van der Waals surface area contributed by atoms with Gasteiger partial charge in [-0.2, -0.15) is 0 Å². The van der Waals surface area contributed by atoms with Crippen molar-refractivity contribution in [1.82, 2.24) is 14.7 Å². The van der Waals surface area contributed by atoms with Crippen molar-refractivity contribution in [2.24, 2.45) is 0 Å². The number of nitrogens with zero attached hydrogens (tertiary/aromatic N) is 4. The quantitative estimate of drug-likeness (QED) is 0.728. The zero-order chi connectivity index (χ0) is 20.0. The van der Waals surface area contributed by atoms with Gasteiger partial charge in [-0.15, -0.1) is 0 Å². The average molecular weight is 396 g/mol. The molecule has 3 aliphatic rings. The van der Waals surface area contributed by atoms with Crippen molar-refractivity contribution < 1.29 is 14.0 Å². The molecule has 7 heteroatoms. The minimum Gasteiger partial charge on any atom is -0.462 e. The molecule has 3 amide bonds. The Morgan fingerprint density at radius 3 is 2.83 bits per heavy atom. The van der Waals surface area contributed by atoms with E-state index >= 15 is 0 Å². The van der Waals surface area contributed by atoms with Crippen molar-refractivity contribution in [3.63, 3.8) is 0 Å². The third kappa shape index (κ3) is 3.17. The van der Waals surface area contributed by atoms with E-state index < -0.39 is 0 Å². The number of anilines is 1. The molecular formula is C22H28N4O3. The normalized spacial score (nSPS) is 25.5. The smallest absolute Gasteiger partial charge is 0.327 e. The molecule has 4 heterocycles. The predicted molar refractivity (Wildman–Crippen MR) is 111 cm³/mol. The molecule has 1 unspecified atom stereocenters. The highest BCUT2D eigenvalue weighted by atomic mass is 16.3. The summed E-state index contributed by atoms with van der Waals surface area (Å²) in [5, 5.41) is 1.14. The molecule has 2 atom stereocenters. The minimum atomic E-state index is -0.186. The van der Waals surface area contributed by atoms with Crippen LogP contribution in [0.15, 0.2) is 34.9 Å². The van der Waals surface area contributed by atoms with Crippen LogP contribution in [0.1, 0.15) is 26.2 Å². The molecule has 0 aliphatic carbocycles. The SMILES string of the molecule is C[C@H]1CN(c2cccc3ccoc23)CCN1CCCN1C(=O)C2CCCN2C1=O. The number of hydrogen-bond acceptors (Lipinski definition) is 5. The van der Waals surface area contributed by atoms with E-state index in [1.165, 1.54) is 4.90 Å². The third-order valence-corrected chi connectivity index (χ3v) is 6.67. The average Bonchev–Trinajstić information content (AvgIpc) is 3.44. The van der Waals surface area contributed by atoms with Crippen molar-refractivity contribution in [3.05, 3.63) is 30.5 Å². The van der Waals surface area contributed by atoms with Crippen molar-refractivity contribution in [2.45, 2.75) is 38.3 Å². The molecule has 0 radical (unpaired) electrons. The lowest BCUT2D eigenvalue weighted by Crippen LogP contribution is -2.52. The van der Waals surface area contributed by atoms with E-state index in [0.717, 1.165) is 68.6 Å². The first-order valence-corrected chi connectivity index (χ1v) is 10.7. The molecule has 0 N–H and O–H groups in total. The summed E-state index contributed by atoms with van der Waals surface area (Å²) in [6, 6.07) is 8.43. The number of piperazine rings is 1. The van der Waals surface area contributed by atoms with E-state index in [0.29, 0.717) is 12.6 Å². The number of furan rings is 1. The fraction of sp³-hybridized carbons (Fsp3) is 0.545. The molecule has 29 heavy (non-hydrogen) atoms. The molecule has 0 bridgehead atoms. The summed E-state index contributed by atoms with van der Waals surface area (Å²) >= 11 is 0. The van der Waals surface area contributed by atoms with Gasteiger partial charge < -0.3 is 14.2 Å². The van der Waals surface area contributed by atoms with Crippen molar-refractivity contribution >= 4 is 28.6 Å². The lowest BCUT2D eigenvalue weighted by Gasteiger charge is -2.41. The third-order valence-electron chi connectivity index (χ3n) is 6.67. The summed E-state index contributed by atoms with van der Waals surface area (Å²) in [4.78, 5) is 33.0. The van der Waals surface area contributed by atoms with E-state index in [1.807, 2.05) is 6.07 Å². The van der Waals surface area contributed by atoms with Gasteiger partial charge in [0.05, 0.1) is 12.0 Å². The highest BCUT2D eigenvalue weighted by Crippen LogP contribution is 2.30. The first-order chi connectivity index (χ1) is 14.1. The van der Waals surface area contributed by atoms with Crippen LogP contribution in [-0.2, 0) is 4.79 Å². The van der Waals surface area contributed by atoms with Crippen LogP contribution in [0.3, 0.4) is 0 Å². The van der Waals surface area contributed by atoms with E-state index in [1.54, 1.807) is 11.2 Å². The largest absolute Gasteiger partial charge is 0.462 e. The van der Waals surface area contributed by atoms with Gasteiger partial charge in [0.2, 0.25) is 0 Å². The second-order valence-corrected chi connectivity index (χ2v) is 8.42. The summed E-state index contributed by atoms with van der Waals surface area (Å²) < 4.78 is 5.71. The Bertz CT molecular complexity index is 904. The van der Waals surface area contributed by atoms with Gasteiger partial charge >= 0.3 is 6.03 Å². The Balaban J connectivity index is 1.16. The van der Waals surface area contributed by atoms with Crippen LogP contribution in [0.2, 0.25) is 0 Å². The number of carbonyl (C=O) groups excluding carboxylic acids is 2. The summed E-state index contributed by atoms with van der Waals surface area (Å²) in [6.45, 7) is 7.27. The molecule has 0 saturated carbocycles. The number of rotatable bonds is 5. The molecule has 0 spiro atoms. The number of amides is 3. The Labute approximate surface area is 170 Å². The number of carbonyl (C=O) groups is 2. The number of fused-ring (bicyclic) bond motifs is 2. The van der Waals surface area contributed by atoms with Crippen LogP contribution in [0.25, 0.3) is 11.0 Å². The Kier molecular flexibility index (Phi) is 4.70. The molecule has 154 valence electrons. The highest BCUT2D eigenvalue weighted by molar-refractivity contribution is 6.04. The molecule has 1 aromatic heterocycles. The highest BCUT2D eigenvalue weighted by Gasteiger charge is 2.46. The maximum atomic E-state index is 12.5. The van der Waals surface area contributed by atoms with E-state index in [-0.39, 0.29) is 18.0 Å². The molecule has 3 saturated heterocycles. The standard InChI is InChI=1S/C22H28N4O3/c1-16-15-24(18-6-2-5-17-8-14-29-20(17)18)13-12-23(16)9-4-11-26-21(27)19-7-3-10-25(19)22(26)28/h2,5-6,8,14,16,19H,3-4,7,9-13,15H2,1H3/t16-,19?/m0/s1. The van der Waals surface area contributed by atoms with Crippen LogP contribution < -0.4 is 4.90 Å². The van der Waals surface area contributed by atoms with Gasteiger partial charge in [0.25, 0.3) is 5.91 Å². The second kappa shape index (κ2) is 7.37. The number of urea groups is 1. The predicted octanol–water partition coefficient (Wildman–Crippen LogP) is 2.76. The Morgan fingerprint density at radius 1 is 1.10 bits per heavy atom. The van der Waals surface area contributed by atoms with Crippen molar-refractivity contribution in [1.29, 1.82) is 0 Å². The van der Waals surface area contributed by atoms with Gasteiger partial charge in [-0.25, -0.2) is 4.79 Å². The Morgan fingerprint density at radius 2 is 2.00 bits per heavy atom. The first-order valence-electron chi connectivity index (χ1n) is 10.7. The van der Waals surface area contributed by atoms with Gasteiger partial charge in [0.15, 0.2) is 5.58 Å². The van der Waals surface area contributed by atoms with E-state index in [9.17, 15) is 9.59 Å². The summed E-state index contributed by atoms with van der Waals surface area (Å²) in [5.74, 6) is 0.0110. The maximum absolute atomic E-state index is 12.5. The summed E-state index contributed by atoms with van der Waals surface area (Å²) in [5.41, 5.74) is 2.12. The first kappa shape index (κ1) is 18.5. The summed E-state index contributed by atoms with van der Waals surface area (Å²) in [6.07, 6.45) is 4.35. The van der Waals surface area contributed by atoms with Crippen molar-refractivity contribution in [2.75, 3.05) is 44.2 Å². The van der Waals surface area contributed by atoms with Gasteiger partial charge in [-0.3, -0.25) is 14.6 Å². The van der Waals surface area contributed by atoms with Gasteiger partial charge in [0.1, 0.15) is 6.04 Å². The molecule has 2 aromatic rings. The van der Waals surface area contributed by atoms with Crippen LogP contribution in [-0.4, -0.2) is 78.0 Å². The number of imide groups is 1. The van der Waals surface area contributed by atoms with Crippen LogP contribution in [0, 0.1) is 0 Å². The zero-order valence-corrected chi connectivity index (χ0v) is 16.9.